The molecule has 0 radical (unpaired) electrons. The van der Waals surface area contributed by atoms with E-state index in [0.717, 1.165) is 27.8 Å². The molecule has 0 aliphatic rings. The smallest absolute Gasteiger partial charge is 0.208 e. The van der Waals surface area contributed by atoms with Crippen molar-refractivity contribution in [2.24, 2.45) is 0 Å². The highest BCUT2D eigenvalue weighted by Gasteiger charge is 2.12. The summed E-state index contributed by atoms with van der Waals surface area (Å²) >= 11 is 6.38. The minimum Gasteiger partial charge on any atom is -0.208 e. The van der Waals surface area contributed by atoms with Gasteiger partial charge in [0.1, 0.15) is 0 Å². The number of benzene rings is 5. The summed E-state index contributed by atoms with van der Waals surface area (Å²) in [5.74, 6) is 1.10. The van der Waals surface area contributed by atoms with Gasteiger partial charge in [-0.3, -0.25) is 0 Å². The Morgan fingerprint density at radius 2 is 0.971 bits per heavy atom. The summed E-state index contributed by atoms with van der Waals surface area (Å²) < 4.78 is 0. The molecule has 1 aromatic heterocycles. The molecule has 3 nitrogen and oxygen atoms in total. The highest BCUT2D eigenvalue weighted by atomic mass is 35.5. The molecule has 0 N–H and O–H groups in total. The van der Waals surface area contributed by atoms with Crippen molar-refractivity contribution in [1.82, 2.24) is 15.0 Å². The zero-order valence-corrected chi connectivity index (χ0v) is 19.5. The van der Waals surface area contributed by atoms with Crippen LogP contribution in [0.5, 0.6) is 0 Å². The molecule has 6 rings (SSSR count). The number of rotatable bonds is 4. The Hall–Kier alpha value is -4.34. The highest BCUT2D eigenvalue weighted by molar-refractivity contribution is 6.28. The lowest BCUT2D eigenvalue weighted by molar-refractivity contribution is 1.07. The molecule has 5 aromatic carbocycles. The van der Waals surface area contributed by atoms with E-state index in [-0.39, 0.29) is 5.28 Å². The molecular weight excluding hydrogens is 450 g/mol. The zero-order chi connectivity index (χ0) is 23.6. The van der Waals surface area contributed by atoms with Crippen LogP contribution in [0.2, 0.25) is 5.28 Å². The lowest BCUT2D eigenvalue weighted by Gasteiger charge is -2.10. The maximum atomic E-state index is 6.38. The molecule has 35 heavy (non-hydrogen) atoms. The Bertz CT molecular complexity index is 1660. The molecule has 0 bridgehead atoms. The summed E-state index contributed by atoms with van der Waals surface area (Å²) in [6, 6.07) is 41.4. The predicted molar refractivity (Wildman–Crippen MR) is 144 cm³/mol. The Kier molecular flexibility index (Phi) is 5.53. The Morgan fingerprint density at radius 3 is 1.74 bits per heavy atom. The third-order valence-corrected chi connectivity index (χ3v) is 6.23. The van der Waals surface area contributed by atoms with E-state index in [9.17, 15) is 0 Å². The molecule has 0 saturated carbocycles. The first-order chi connectivity index (χ1) is 17.2. The van der Waals surface area contributed by atoms with Crippen molar-refractivity contribution in [3.63, 3.8) is 0 Å². The number of fused-ring (bicyclic) bond motifs is 1. The van der Waals surface area contributed by atoms with E-state index < -0.39 is 0 Å². The number of hydrogen-bond donors (Lipinski definition) is 0. The van der Waals surface area contributed by atoms with Crippen LogP contribution in [0.4, 0.5) is 0 Å². The first-order valence-electron chi connectivity index (χ1n) is 11.4. The summed E-state index contributed by atoms with van der Waals surface area (Å²) in [5, 5.41) is 2.59. The molecule has 1 heterocycles. The fourth-order valence-corrected chi connectivity index (χ4v) is 4.54. The number of halogens is 1. The minimum atomic E-state index is 0.172. The lowest BCUT2D eigenvalue weighted by Crippen LogP contribution is -1.97. The van der Waals surface area contributed by atoms with E-state index in [2.05, 4.69) is 88.8 Å². The van der Waals surface area contributed by atoms with Gasteiger partial charge < -0.3 is 0 Å². The van der Waals surface area contributed by atoms with Crippen molar-refractivity contribution in [2.45, 2.75) is 0 Å². The second-order valence-corrected chi connectivity index (χ2v) is 8.64. The van der Waals surface area contributed by atoms with Crippen LogP contribution in [0.25, 0.3) is 55.8 Å². The predicted octanol–water partition coefficient (Wildman–Crippen LogP) is 8.35. The van der Waals surface area contributed by atoms with E-state index >= 15 is 0 Å². The van der Waals surface area contributed by atoms with Crippen molar-refractivity contribution in [3.05, 3.63) is 127 Å². The van der Waals surface area contributed by atoms with Gasteiger partial charge in [-0.25, -0.2) is 4.98 Å². The summed E-state index contributed by atoms with van der Waals surface area (Å²) in [4.78, 5) is 13.7. The SMILES string of the molecule is Clc1nc(-c2cccc(-c3ccccc3)c2)nc(-c2cccc(-c3cccc4ccccc34)c2)n1. The average Bonchev–Trinajstić information content (AvgIpc) is 2.93. The number of hydrogen-bond acceptors (Lipinski definition) is 3. The second kappa shape index (κ2) is 9.13. The number of nitrogens with zero attached hydrogens (tertiary/aromatic N) is 3. The van der Waals surface area contributed by atoms with Gasteiger partial charge in [-0.1, -0.05) is 109 Å². The molecule has 166 valence electrons. The first kappa shape index (κ1) is 21.2. The van der Waals surface area contributed by atoms with Gasteiger partial charge in [0.2, 0.25) is 5.28 Å². The molecule has 0 fully saturated rings. The average molecular weight is 470 g/mol. The number of aromatic nitrogens is 3. The third-order valence-electron chi connectivity index (χ3n) is 6.06. The van der Waals surface area contributed by atoms with Crippen LogP contribution in [-0.2, 0) is 0 Å². The second-order valence-electron chi connectivity index (χ2n) is 8.31. The molecule has 0 spiro atoms. The fourth-order valence-electron chi connectivity index (χ4n) is 4.38. The molecular formula is C31H20ClN3. The van der Waals surface area contributed by atoms with Crippen LogP contribution in [0, 0.1) is 0 Å². The van der Waals surface area contributed by atoms with Crippen molar-refractivity contribution in [3.8, 4) is 45.0 Å². The van der Waals surface area contributed by atoms with E-state index in [4.69, 9.17) is 16.6 Å². The minimum absolute atomic E-state index is 0.172. The molecule has 0 atom stereocenters. The molecule has 0 saturated heterocycles. The van der Waals surface area contributed by atoms with Gasteiger partial charge in [-0.2, -0.15) is 9.97 Å². The Labute approximate surface area is 208 Å². The van der Waals surface area contributed by atoms with Gasteiger partial charge in [0.15, 0.2) is 11.6 Å². The highest BCUT2D eigenvalue weighted by Crippen LogP contribution is 2.32. The maximum Gasteiger partial charge on any atom is 0.226 e. The van der Waals surface area contributed by atoms with Gasteiger partial charge in [0, 0.05) is 11.1 Å². The molecule has 6 aromatic rings. The molecule has 0 aliphatic heterocycles. The lowest BCUT2D eigenvalue weighted by atomic mass is 9.97. The third kappa shape index (κ3) is 4.30. The van der Waals surface area contributed by atoms with Crippen molar-refractivity contribution < 1.29 is 0 Å². The standard InChI is InChI=1S/C31H20ClN3/c32-31-34-29(25-15-6-13-23(19-25)21-9-2-1-3-10-21)33-30(35-31)26-16-7-14-24(20-26)28-18-8-12-22-11-4-5-17-27(22)28/h1-20H. The van der Waals surface area contributed by atoms with Crippen LogP contribution in [0.3, 0.4) is 0 Å². The Morgan fingerprint density at radius 1 is 0.429 bits per heavy atom. The van der Waals surface area contributed by atoms with Gasteiger partial charge >= 0.3 is 0 Å². The largest absolute Gasteiger partial charge is 0.226 e. The van der Waals surface area contributed by atoms with E-state index in [1.54, 1.807) is 0 Å². The molecule has 0 amide bonds. The topological polar surface area (TPSA) is 38.7 Å². The maximum absolute atomic E-state index is 6.38. The summed E-state index contributed by atoms with van der Waals surface area (Å²) in [6.07, 6.45) is 0. The molecule has 4 heteroatoms. The van der Waals surface area contributed by atoms with E-state index in [1.807, 2.05) is 42.5 Å². The molecule has 0 unspecified atom stereocenters. The van der Waals surface area contributed by atoms with Crippen molar-refractivity contribution in [1.29, 1.82) is 0 Å². The van der Waals surface area contributed by atoms with Gasteiger partial charge in [-0.15, -0.1) is 0 Å². The van der Waals surface area contributed by atoms with Crippen LogP contribution < -0.4 is 0 Å². The fraction of sp³-hybridized carbons (Fsp3) is 0. The van der Waals surface area contributed by atoms with Gasteiger partial charge in [-0.05, 0) is 56.8 Å². The zero-order valence-electron chi connectivity index (χ0n) is 18.8. The normalized spacial score (nSPS) is 11.0. The molecule has 0 aliphatic carbocycles. The van der Waals surface area contributed by atoms with Crippen LogP contribution in [0.15, 0.2) is 121 Å². The van der Waals surface area contributed by atoms with Gasteiger partial charge in [0.05, 0.1) is 0 Å². The van der Waals surface area contributed by atoms with Crippen LogP contribution >= 0.6 is 11.6 Å². The summed E-state index contributed by atoms with van der Waals surface area (Å²) in [6.45, 7) is 0. The van der Waals surface area contributed by atoms with Crippen molar-refractivity contribution >= 4 is 22.4 Å². The quantitative estimate of drug-likeness (QED) is 0.260. The van der Waals surface area contributed by atoms with Crippen molar-refractivity contribution in [2.75, 3.05) is 0 Å². The van der Waals surface area contributed by atoms with Crippen LogP contribution in [0.1, 0.15) is 0 Å². The van der Waals surface area contributed by atoms with E-state index in [1.165, 1.54) is 16.3 Å². The monoisotopic (exact) mass is 469 g/mol. The summed E-state index contributed by atoms with van der Waals surface area (Å²) in [7, 11) is 0. The van der Waals surface area contributed by atoms with Gasteiger partial charge in [0.25, 0.3) is 0 Å². The first-order valence-corrected chi connectivity index (χ1v) is 11.8. The van der Waals surface area contributed by atoms with E-state index in [0.29, 0.717) is 11.6 Å². The van der Waals surface area contributed by atoms with Crippen LogP contribution in [-0.4, -0.2) is 15.0 Å². The Balaban J connectivity index is 1.42. The summed E-state index contributed by atoms with van der Waals surface area (Å²) in [5.41, 5.74) is 6.28.